The number of rotatable bonds is 6. The molecule has 1 N–H and O–H groups in total. The standard InChI is InChI=1S/C20H21NO3/c1-3-23-13-17-16-10-6-7-11-18(16)24-19(17)20(22)21-12-15-9-5-4-8-14(15)2/h4-11H,3,12-13H2,1-2H3,(H,21,22). The summed E-state index contributed by atoms with van der Waals surface area (Å²) in [6.07, 6.45) is 0. The van der Waals surface area contributed by atoms with Gasteiger partial charge in [-0.05, 0) is 31.0 Å². The Morgan fingerprint density at radius 1 is 1.12 bits per heavy atom. The van der Waals surface area contributed by atoms with Gasteiger partial charge in [0.1, 0.15) is 5.58 Å². The minimum atomic E-state index is -0.218. The summed E-state index contributed by atoms with van der Waals surface area (Å²) >= 11 is 0. The number of amides is 1. The molecular formula is C20H21NO3. The zero-order valence-corrected chi connectivity index (χ0v) is 14.0. The first-order valence-corrected chi connectivity index (χ1v) is 8.11. The Balaban J connectivity index is 1.84. The zero-order valence-electron chi connectivity index (χ0n) is 14.0. The van der Waals surface area contributed by atoms with Crippen molar-refractivity contribution in [2.75, 3.05) is 6.61 Å². The van der Waals surface area contributed by atoms with Crippen LogP contribution in [-0.4, -0.2) is 12.5 Å². The van der Waals surface area contributed by atoms with Gasteiger partial charge in [-0.1, -0.05) is 42.5 Å². The second-order valence-electron chi connectivity index (χ2n) is 5.65. The number of benzene rings is 2. The van der Waals surface area contributed by atoms with Gasteiger partial charge < -0.3 is 14.5 Å². The van der Waals surface area contributed by atoms with E-state index in [1.807, 2.05) is 62.4 Å². The number of furan rings is 1. The van der Waals surface area contributed by atoms with Crippen LogP contribution in [0.25, 0.3) is 11.0 Å². The van der Waals surface area contributed by atoms with Crippen LogP contribution in [0.4, 0.5) is 0 Å². The number of aryl methyl sites for hydroxylation is 1. The predicted octanol–water partition coefficient (Wildman–Crippen LogP) is 4.21. The van der Waals surface area contributed by atoms with E-state index in [4.69, 9.17) is 9.15 Å². The van der Waals surface area contributed by atoms with Crippen molar-refractivity contribution < 1.29 is 13.9 Å². The molecule has 0 spiro atoms. The van der Waals surface area contributed by atoms with Gasteiger partial charge in [0.15, 0.2) is 5.76 Å². The molecule has 3 aromatic rings. The van der Waals surface area contributed by atoms with E-state index in [0.29, 0.717) is 31.1 Å². The SMILES string of the molecule is CCOCc1c(C(=O)NCc2ccccc2C)oc2ccccc12. The Kier molecular flexibility index (Phi) is 4.96. The third-order valence-corrected chi connectivity index (χ3v) is 4.06. The number of para-hydroxylation sites is 1. The van der Waals surface area contributed by atoms with E-state index >= 15 is 0 Å². The number of hydrogen-bond donors (Lipinski definition) is 1. The molecule has 0 saturated heterocycles. The lowest BCUT2D eigenvalue weighted by Crippen LogP contribution is -2.23. The average Bonchev–Trinajstić information content (AvgIpc) is 2.97. The third-order valence-electron chi connectivity index (χ3n) is 4.06. The summed E-state index contributed by atoms with van der Waals surface area (Å²) in [4.78, 5) is 12.6. The lowest BCUT2D eigenvalue weighted by atomic mass is 10.1. The summed E-state index contributed by atoms with van der Waals surface area (Å²) in [7, 11) is 0. The maximum absolute atomic E-state index is 12.6. The van der Waals surface area contributed by atoms with Crippen molar-refractivity contribution in [1.82, 2.24) is 5.32 Å². The maximum atomic E-state index is 12.6. The maximum Gasteiger partial charge on any atom is 0.287 e. The van der Waals surface area contributed by atoms with E-state index in [1.165, 1.54) is 0 Å². The molecule has 0 saturated carbocycles. The molecule has 4 nitrogen and oxygen atoms in total. The molecular weight excluding hydrogens is 302 g/mol. The molecule has 0 radical (unpaired) electrons. The Bertz CT molecular complexity index is 851. The van der Waals surface area contributed by atoms with Crippen molar-refractivity contribution in [2.45, 2.75) is 27.0 Å². The van der Waals surface area contributed by atoms with Gasteiger partial charge in [-0.3, -0.25) is 4.79 Å². The summed E-state index contributed by atoms with van der Waals surface area (Å²) in [6, 6.07) is 15.6. The fourth-order valence-electron chi connectivity index (χ4n) is 2.69. The minimum Gasteiger partial charge on any atom is -0.451 e. The number of ether oxygens (including phenoxy) is 1. The van der Waals surface area contributed by atoms with Gasteiger partial charge in [0, 0.05) is 24.1 Å². The summed E-state index contributed by atoms with van der Waals surface area (Å²) in [5.74, 6) is 0.113. The van der Waals surface area contributed by atoms with Crippen LogP contribution in [0.1, 0.15) is 34.2 Å². The van der Waals surface area contributed by atoms with Crippen molar-refractivity contribution in [2.24, 2.45) is 0 Å². The van der Waals surface area contributed by atoms with Crippen LogP contribution in [-0.2, 0) is 17.9 Å². The van der Waals surface area contributed by atoms with Gasteiger partial charge in [0.05, 0.1) is 6.61 Å². The third kappa shape index (κ3) is 3.34. The highest BCUT2D eigenvalue weighted by Gasteiger charge is 2.20. The first-order valence-electron chi connectivity index (χ1n) is 8.11. The molecule has 4 heteroatoms. The van der Waals surface area contributed by atoms with Gasteiger partial charge in [-0.15, -0.1) is 0 Å². The molecule has 2 aromatic carbocycles. The molecule has 1 heterocycles. The highest BCUT2D eigenvalue weighted by Crippen LogP contribution is 2.26. The highest BCUT2D eigenvalue weighted by atomic mass is 16.5. The van der Waals surface area contributed by atoms with Crippen LogP contribution < -0.4 is 5.32 Å². The Hall–Kier alpha value is -2.59. The molecule has 0 atom stereocenters. The second-order valence-corrected chi connectivity index (χ2v) is 5.65. The largest absolute Gasteiger partial charge is 0.451 e. The van der Waals surface area contributed by atoms with Crippen molar-refractivity contribution in [3.8, 4) is 0 Å². The number of nitrogens with one attached hydrogen (secondary N) is 1. The van der Waals surface area contributed by atoms with E-state index < -0.39 is 0 Å². The van der Waals surface area contributed by atoms with Gasteiger partial charge in [0.25, 0.3) is 5.91 Å². The molecule has 0 bridgehead atoms. The molecule has 3 rings (SSSR count). The van der Waals surface area contributed by atoms with Crippen LogP contribution in [0, 0.1) is 6.92 Å². The molecule has 0 fully saturated rings. The Morgan fingerprint density at radius 2 is 1.88 bits per heavy atom. The second kappa shape index (κ2) is 7.32. The summed E-state index contributed by atoms with van der Waals surface area (Å²) in [5.41, 5.74) is 3.74. The minimum absolute atomic E-state index is 0.218. The molecule has 0 aliphatic carbocycles. The van der Waals surface area contributed by atoms with Crippen LogP contribution in [0.15, 0.2) is 52.9 Å². The molecule has 124 valence electrons. The fourth-order valence-corrected chi connectivity index (χ4v) is 2.69. The van der Waals surface area contributed by atoms with Gasteiger partial charge in [-0.2, -0.15) is 0 Å². The van der Waals surface area contributed by atoms with Crippen molar-refractivity contribution in [1.29, 1.82) is 0 Å². The lowest BCUT2D eigenvalue weighted by molar-refractivity contribution is 0.0912. The Labute approximate surface area is 141 Å². The van der Waals surface area contributed by atoms with Crippen LogP contribution >= 0.6 is 0 Å². The lowest BCUT2D eigenvalue weighted by Gasteiger charge is -2.08. The molecule has 0 aliphatic heterocycles. The smallest absolute Gasteiger partial charge is 0.287 e. The average molecular weight is 323 g/mol. The number of fused-ring (bicyclic) bond motifs is 1. The van der Waals surface area contributed by atoms with Crippen LogP contribution in [0.3, 0.4) is 0 Å². The van der Waals surface area contributed by atoms with E-state index in [-0.39, 0.29) is 5.91 Å². The summed E-state index contributed by atoms with van der Waals surface area (Å²) in [5, 5.41) is 3.87. The molecule has 1 amide bonds. The van der Waals surface area contributed by atoms with Gasteiger partial charge in [0.2, 0.25) is 0 Å². The van der Waals surface area contributed by atoms with Crippen molar-refractivity contribution in [3.05, 3.63) is 71.0 Å². The topological polar surface area (TPSA) is 51.5 Å². The molecule has 1 aromatic heterocycles. The predicted molar refractivity (Wildman–Crippen MR) is 93.9 cm³/mol. The fraction of sp³-hybridized carbons (Fsp3) is 0.250. The summed E-state index contributed by atoms with van der Waals surface area (Å²) in [6.45, 7) is 5.38. The van der Waals surface area contributed by atoms with E-state index in [1.54, 1.807) is 0 Å². The highest BCUT2D eigenvalue weighted by molar-refractivity contribution is 5.99. The molecule has 24 heavy (non-hydrogen) atoms. The first-order chi connectivity index (χ1) is 11.7. The van der Waals surface area contributed by atoms with Crippen molar-refractivity contribution >= 4 is 16.9 Å². The Morgan fingerprint density at radius 3 is 2.67 bits per heavy atom. The number of carbonyl (C=O) groups is 1. The van der Waals surface area contributed by atoms with Crippen LogP contribution in [0.5, 0.6) is 0 Å². The monoisotopic (exact) mass is 323 g/mol. The van der Waals surface area contributed by atoms with Gasteiger partial charge >= 0.3 is 0 Å². The quantitative estimate of drug-likeness (QED) is 0.739. The van der Waals surface area contributed by atoms with Crippen LogP contribution in [0.2, 0.25) is 0 Å². The normalized spacial score (nSPS) is 10.9. The zero-order chi connectivity index (χ0) is 16.9. The summed E-state index contributed by atoms with van der Waals surface area (Å²) < 4.78 is 11.3. The molecule has 0 unspecified atom stereocenters. The van der Waals surface area contributed by atoms with Crippen molar-refractivity contribution in [3.63, 3.8) is 0 Å². The van der Waals surface area contributed by atoms with E-state index in [9.17, 15) is 4.79 Å². The van der Waals surface area contributed by atoms with E-state index in [2.05, 4.69) is 5.32 Å². The first kappa shape index (κ1) is 16.3. The number of hydrogen-bond acceptors (Lipinski definition) is 3. The van der Waals surface area contributed by atoms with E-state index in [0.717, 1.165) is 22.1 Å². The number of carbonyl (C=O) groups excluding carboxylic acids is 1. The molecule has 0 aliphatic rings. The van der Waals surface area contributed by atoms with Gasteiger partial charge in [-0.25, -0.2) is 0 Å².